The average Bonchev–Trinajstić information content (AvgIpc) is 3.22. The fourth-order valence-electron chi connectivity index (χ4n) is 4.35. The molecule has 4 aromatic rings. The third-order valence-corrected chi connectivity index (χ3v) is 5.96. The third-order valence-electron chi connectivity index (χ3n) is 5.96. The largest absolute Gasteiger partial charge is 0.493 e. The lowest BCUT2D eigenvalue weighted by Crippen LogP contribution is -2.26. The van der Waals surface area contributed by atoms with Crippen LogP contribution in [0.25, 0.3) is 11.3 Å². The summed E-state index contributed by atoms with van der Waals surface area (Å²) in [6.45, 7) is 1.81. The van der Waals surface area contributed by atoms with Crippen molar-refractivity contribution in [1.82, 2.24) is 15.0 Å². The number of methoxy groups -OCH3 is 1. The normalized spacial score (nSPS) is 16.0. The molecule has 0 saturated heterocycles. The van der Waals surface area contributed by atoms with Gasteiger partial charge in [-0.2, -0.15) is 13.2 Å². The molecule has 8 nitrogen and oxygen atoms in total. The minimum Gasteiger partial charge on any atom is -0.493 e. The Morgan fingerprint density at radius 2 is 1.77 bits per heavy atom. The molecule has 1 aliphatic rings. The number of alkyl halides is 3. The van der Waals surface area contributed by atoms with Crippen LogP contribution < -0.4 is 10.5 Å². The fraction of sp³-hybridized carbons (Fsp3) is 0.148. The van der Waals surface area contributed by atoms with Crippen molar-refractivity contribution in [3.05, 3.63) is 107 Å². The van der Waals surface area contributed by atoms with Crippen LogP contribution in [-0.2, 0) is 10.3 Å². The van der Waals surface area contributed by atoms with Crippen LogP contribution in [0, 0.1) is 12.7 Å². The van der Waals surface area contributed by atoms with E-state index in [1.165, 1.54) is 13.2 Å². The summed E-state index contributed by atoms with van der Waals surface area (Å²) in [5, 5.41) is 7.12. The summed E-state index contributed by atoms with van der Waals surface area (Å²) in [6, 6.07) is 14.9. The van der Waals surface area contributed by atoms with Gasteiger partial charge in [-0.15, -0.1) is 0 Å². The lowest BCUT2D eigenvalue weighted by atomic mass is 9.77. The van der Waals surface area contributed by atoms with Crippen LogP contribution in [-0.4, -0.2) is 45.1 Å². The number of hydrogen-bond donors (Lipinski definition) is 2. The minimum absolute atomic E-state index is 0.207. The highest BCUT2D eigenvalue weighted by Crippen LogP contribution is 2.47. The Bertz CT molecular complexity index is 1540. The van der Waals surface area contributed by atoms with Gasteiger partial charge in [-0.1, -0.05) is 24.3 Å². The van der Waals surface area contributed by atoms with Crippen molar-refractivity contribution in [3.63, 3.8) is 0 Å². The highest BCUT2D eigenvalue weighted by Gasteiger charge is 2.44. The van der Waals surface area contributed by atoms with Crippen LogP contribution in [0.4, 0.5) is 17.6 Å². The standard InChI is InChI=1S/C25H20FN5O.C2HF3O2/c1-15-11-18(13-20(26)23(15)32-2)25(19-7-4-8-30-22(19)24(27)31-25)17-6-3-5-16(12-17)21-14-28-9-10-29-21;3-2(4,5)1(6)7/h3-14H,1-2H3,(H2,27,31);(H,6,7). The van der Waals surface area contributed by atoms with Gasteiger partial charge in [0.25, 0.3) is 0 Å². The molecule has 0 amide bonds. The number of amidine groups is 1. The van der Waals surface area contributed by atoms with Crippen LogP contribution in [0.15, 0.2) is 78.3 Å². The van der Waals surface area contributed by atoms with Gasteiger partial charge in [-0.3, -0.25) is 15.0 Å². The van der Waals surface area contributed by atoms with Gasteiger partial charge in [-0.05, 0) is 47.9 Å². The molecule has 2 aromatic carbocycles. The van der Waals surface area contributed by atoms with Crippen LogP contribution in [0.2, 0.25) is 0 Å². The summed E-state index contributed by atoms with van der Waals surface area (Å²) in [6.07, 6.45) is 1.56. The number of carboxylic acids is 1. The Balaban J connectivity index is 0.000000448. The molecule has 1 atom stereocenters. The summed E-state index contributed by atoms with van der Waals surface area (Å²) in [4.78, 5) is 26.8. The van der Waals surface area contributed by atoms with E-state index in [2.05, 4.69) is 15.0 Å². The van der Waals surface area contributed by atoms with Crippen molar-refractivity contribution in [1.29, 1.82) is 0 Å². The number of aromatic nitrogens is 3. The lowest BCUT2D eigenvalue weighted by molar-refractivity contribution is -0.192. The Hall–Kier alpha value is -4.87. The van der Waals surface area contributed by atoms with Gasteiger partial charge in [0, 0.05) is 29.7 Å². The SMILES string of the molecule is COc1c(C)cc(C2(c3cccc(-c4cnccn4)c3)N=C(N)c3ncccc32)cc1F.O=C(O)C(F)(F)F. The van der Waals surface area contributed by atoms with Crippen LogP contribution in [0.3, 0.4) is 0 Å². The fourth-order valence-corrected chi connectivity index (χ4v) is 4.35. The van der Waals surface area contributed by atoms with Gasteiger partial charge in [-0.25, -0.2) is 14.2 Å². The predicted molar refractivity (Wildman–Crippen MR) is 134 cm³/mol. The Morgan fingerprint density at radius 1 is 1.03 bits per heavy atom. The number of aryl methyl sites for hydroxylation is 1. The van der Waals surface area contributed by atoms with Gasteiger partial charge in [0.1, 0.15) is 17.1 Å². The Morgan fingerprint density at radius 3 is 2.38 bits per heavy atom. The molecule has 3 N–H and O–H groups in total. The number of ether oxygens (including phenoxy) is 1. The zero-order valence-electron chi connectivity index (χ0n) is 20.6. The first-order valence-electron chi connectivity index (χ1n) is 11.3. The average molecular weight is 539 g/mol. The molecule has 3 heterocycles. The van der Waals surface area contributed by atoms with Gasteiger partial charge in [0.05, 0.1) is 19.0 Å². The van der Waals surface area contributed by atoms with Crippen molar-refractivity contribution in [2.75, 3.05) is 7.11 Å². The molecule has 0 fully saturated rings. The molecular formula is C27H21F4N5O3. The highest BCUT2D eigenvalue weighted by atomic mass is 19.4. The molecule has 0 aliphatic carbocycles. The second-order valence-corrected chi connectivity index (χ2v) is 8.39. The second-order valence-electron chi connectivity index (χ2n) is 8.39. The number of aliphatic imine (C=N–C) groups is 1. The number of nitrogens with two attached hydrogens (primary N) is 1. The van der Waals surface area contributed by atoms with E-state index >= 15 is 4.39 Å². The van der Waals surface area contributed by atoms with Gasteiger partial charge >= 0.3 is 12.1 Å². The number of halogens is 4. The molecule has 0 saturated carbocycles. The maximum Gasteiger partial charge on any atom is 0.490 e. The zero-order valence-corrected chi connectivity index (χ0v) is 20.6. The van der Waals surface area contributed by atoms with E-state index in [-0.39, 0.29) is 5.75 Å². The van der Waals surface area contributed by atoms with E-state index in [9.17, 15) is 13.2 Å². The molecule has 39 heavy (non-hydrogen) atoms. The quantitative estimate of drug-likeness (QED) is 0.362. The number of hydrogen-bond acceptors (Lipinski definition) is 7. The molecule has 12 heteroatoms. The van der Waals surface area contributed by atoms with E-state index in [4.69, 9.17) is 25.4 Å². The van der Waals surface area contributed by atoms with Gasteiger partial charge in [0.15, 0.2) is 11.6 Å². The van der Waals surface area contributed by atoms with Crippen molar-refractivity contribution < 1.29 is 32.2 Å². The van der Waals surface area contributed by atoms with Crippen molar-refractivity contribution in [2.24, 2.45) is 10.7 Å². The van der Waals surface area contributed by atoms with Gasteiger partial charge < -0.3 is 15.6 Å². The number of nitrogens with zero attached hydrogens (tertiary/aromatic N) is 4. The minimum atomic E-state index is -5.08. The molecular weight excluding hydrogens is 518 g/mol. The summed E-state index contributed by atoms with van der Waals surface area (Å²) < 4.78 is 52.0. The van der Waals surface area contributed by atoms with Gasteiger partial charge in [0.2, 0.25) is 0 Å². The molecule has 1 unspecified atom stereocenters. The van der Waals surface area contributed by atoms with Crippen molar-refractivity contribution >= 4 is 11.8 Å². The molecule has 0 bridgehead atoms. The monoisotopic (exact) mass is 539 g/mol. The Labute approximate surface area is 219 Å². The van der Waals surface area contributed by atoms with Crippen LogP contribution >= 0.6 is 0 Å². The van der Waals surface area contributed by atoms with Crippen LogP contribution in [0.1, 0.15) is 27.9 Å². The maximum atomic E-state index is 15.0. The van der Waals surface area contributed by atoms with Crippen molar-refractivity contribution in [2.45, 2.75) is 18.6 Å². The molecule has 5 rings (SSSR count). The molecule has 200 valence electrons. The summed E-state index contributed by atoms with van der Waals surface area (Å²) in [5.41, 5.74) is 10.4. The molecule has 0 spiro atoms. The van der Waals surface area contributed by atoms with Crippen molar-refractivity contribution in [3.8, 4) is 17.0 Å². The zero-order chi connectivity index (χ0) is 28.4. The van der Waals surface area contributed by atoms with E-state index in [1.54, 1.807) is 31.7 Å². The third kappa shape index (κ3) is 5.13. The number of rotatable bonds is 4. The van der Waals surface area contributed by atoms with E-state index in [0.29, 0.717) is 22.7 Å². The first-order chi connectivity index (χ1) is 18.5. The first kappa shape index (κ1) is 27.2. The number of fused-ring (bicyclic) bond motifs is 1. The predicted octanol–water partition coefficient (Wildman–Crippen LogP) is 4.64. The topological polar surface area (TPSA) is 124 Å². The number of aliphatic carboxylic acids is 1. The highest BCUT2D eigenvalue weighted by molar-refractivity contribution is 6.01. The smallest absolute Gasteiger partial charge is 0.490 e. The molecule has 0 radical (unpaired) electrons. The summed E-state index contributed by atoms with van der Waals surface area (Å²) in [7, 11) is 1.45. The summed E-state index contributed by atoms with van der Waals surface area (Å²) >= 11 is 0. The lowest BCUT2D eigenvalue weighted by Gasteiger charge is -2.30. The Kier molecular flexibility index (Phi) is 7.30. The first-order valence-corrected chi connectivity index (χ1v) is 11.3. The maximum absolute atomic E-state index is 15.0. The number of carbonyl (C=O) groups is 1. The molecule has 2 aromatic heterocycles. The number of carboxylic acid groups (broad SMARTS) is 1. The number of benzene rings is 2. The van der Waals surface area contributed by atoms with E-state index < -0.39 is 23.5 Å². The number of pyridine rings is 1. The van der Waals surface area contributed by atoms with E-state index in [0.717, 1.165) is 22.4 Å². The van der Waals surface area contributed by atoms with Crippen LogP contribution in [0.5, 0.6) is 5.75 Å². The second kappa shape index (κ2) is 10.5. The van der Waals surface area contributed by atoms with E-state index in [1.807, 2.05) is 42.5 Å². The summed E-state index contributed by atoms with van der Waals surface area (Å²) in [5.74, 6) is -2.71. The molecule has 1 aliphatic heterocycles.